The van der Waals surface area contributed by atoms with Crippen LogP contribution in [0.15, 0.2) is 83.0 Å². The number of rotatable bonds is 7. The number of halogens is 1. The van der Waals surface area contributed by atoms with Gasteiger partial charge in [0.25, 0.3) is 5.89 Å². The van der Waals surface area contributed by atoms with Gasteiger partial charge in [0.15, 0.2) is 0 Å². The highest BCUT2D eigenvalue weighted by Crippen LogP contribution is 2.38. The first-order valence-electron chi connectivity index (χ1n) is 12.1. The number of amides is 2. The van der Waals surface area contributed by atoms with Gasteiger partial charge in [-0.15, -0.1) is 0 Å². The molecule has 1 aliphatic rings. The average molecular weight is 499 g/mol. The van der Waals surface area contributed by atoms with Crippen LogP contribution in [0.1, 0.15) is 42.5 Å². The maximum Gasteiger partial charge on any atom is 0.322 e. The van der Waals surface area contributed by atoms with Gasteiger partial charge in [-0.1, -0.05) is 60.6 Å². The number of urea groups is 1. The second kappa shape index (κ2) is 10.3. The van der Waals surface area contributed by atoms with Crippen LogP contribution in [0.4, 0.5) is 9.18 Å². The smallest absolute Gasteiger partial charge is 0.322 e. The Labute approximate surface area is 214 Å². The summed E-state index contributed by atoms with van der Waals surface area (Å²) >= 11 is 0. The van der Waals surface area contributed by atoms with Gasteiger partial charge in [-0.3, -0.25) is 4.90 Å². The zero-order valence-corrected chi connectivity index (χ0v) is 20.9. The third kappa shape index (κ3) is 4.95. The Kier molecular flexibility index (Phi) is 6.72. The van der Waals surface area contributed by atoms with Crippen molar-refractivity contribution in [3.63, 3.8) is 0 Å². The molecule has 0 fully saturated rings. The molecule has 7 nitrogen and oxygen atoms in total. The van der Waals surface area contributed by atoms with Gasteiger partial charge >= 0.3 is 6.03 Å². The van der Waals surface area contributed by atoms with Crippen molar-refractivity contribution in [3.8, 4) is 17.1 Å². The summed E-state index contributed by atoms with van der Waals surface area (Å²) in [5.41, 5.74) is 4.96. The maximum atomic E-state index is 13.7. The van der Waals surface area contributed by atoms with Crippen LogP contribution in [0.25, 0.3) is 17.0 Å². The zero-order chi connectivity index (χ0) is 25.9. The first-order valence-corrected chi connectivity index (χ1v) is 12.1. The third-order valence-corrected chi connectivity index (χ3v) is 6.55. The number of hydrogen-bond acceptors (Lipinski definition) is 5. The van der Waals surface area contributed by atoms with Crippen LogP contribution < -0.4 is 10.1 Å². The topological polar surface area (TPSA) is 80.5 Å². The molecule has 8 heteroatoms. The molecule has 1 aliphatic heterocycles. The lowest BCUT2D eigenvalue weighted by Crippen LogP contribution is -2.45. The highest BCUT2D eigenvalue weighted by atomic mass is 19.1. The van der Waals surface area contributed by atoms with Crippen LogP contribution in [0, 0.1) is 5.82 Å². The van der Waals surface area contributed by atoms with Gasteiger partial charge in [0.1, 0.15) is 11.6 Å². The molecular weight excluding hydrogens is 471 g/mol. The van der Waals surface area contributed by atoms with E-state index in [0.717, 1.165) is 17.5 Å². The minimum atomic E-state index is -0.592. The lowest BCUT2D eigenvalue weighted by atomic mass is 9.94. The summed E-state index contributed by atoms with van der Waals surface area (Å²) in [5.74, 6) is 1.09. The highest BCUT2D eigenvalue weighted by molar-refractivity contribution is 5.86. The van der Waals surface area contributed by atoms with Crippen LogP contribution in [0.3, 0.4) is 0 Å². The molecule has 0 saturated heterocycles. The quantitative estimate of drug-likeness (QED) is 0.331. The first-order chi connectivity index (χ1) is 18.0. The fourth-order valence-corrected chi connectivity index (χ4v) is 4.45. The minimum Gasteiger partial charge on any atom is -0.497 e. The van der Waals surface area contributed by atoms with E-state index in [4.69, 9.17) is 9.26 Å². The third-order valence-electron chi connectivity index (χ3n) is 6.55. The molecule has 37 heavy (non-hydrogen) atoms. The van der Waals surface area contributed by atoms with Gasteiger partial charge < -0.3 is 14.6 Å². The van der Waals surface area contributed by atoms with Crippen LogP contribution in [0.2, 0.25) is 0 Å². The lowest BCUT2D eigenvalue weighted by Gasteiger charge is -2.35. The van der Waals surface area contributed by atoms with E-state index in [1.807, 2.05) is 55.5 Å². The minimum absolute atomic E-state index is 0.284. The molecule has 2 heterocycles. The number of methoxy groups -OCH3 is 1. The number of aromatic nitrogens is 2. The average Bonchev–Trinajstić information content (AvgIpc) is 3.41. The summed E-state index contributed by atoms with van der Waals surface area (Å²) in [6.45, 7) is 4.26. The fourth-order valence-electron chi connectivity index (χ4n) is 4.45. The Morgan fingerprint density at radius 2 is 1.81 bits per heavy atom. The van der Waals surface area contributed by atoms with Crippen LogP contribution in [-0.2, 0) is 13.0 Å². The predicted molar refractivity (Wildman–Crippen MR) is 138 cm³/mol. The van der Waals surface area contributed by atoms with Gasteiger partial charge in [0, 0.05) is 11.3 Å². The molecule has 2 amide bonds. The van der Waals surface area contributed by atoms with Gasteiger partial charge in [-0.25, -0.2) is 9.18 Å². The van der Waals surface area contributed by atoms with Gasteiger partial charge in [0.05, 0.1) is 25.3 Å². The molecule has 0 bridgehead atoms. The second-order valence-electron chi connectivity index (χ2n) is 8.84. The molecular formula is C29H27FN4O3. The standard InChI is InChI=1S/C29H27FN4O3/c1-4-19-8-10-22(11-9-19)27-32-28(37-33-27)25-18(2)34(17-20-6-5-7-24(16-20)36-3)29(35)31-26(25)21-12-14-23(30)15-13-21/h5-16,26H,4,17H2,1-3H3,(H,31,35). The molecule has 0 radical (unpaired) electrons. The number of carbonyl (C=O) groups is 1. The predicted octanol–water partition coefficient (Wildman–Crippen LogP) is 6.14. The Balaban J connectivity index is 1.57. The largest absolute Gasteiger partial charge is 0.497 e. The van der Waals surface area contributed by atoms with E-state index in [-0.39, 0.29) is 17.7 Å². The summed E-state index contributed by atoms with van der Waals surface area (Å²) in [6.07, 6.45) is 0.937. The van der Waals surface area contributed by atoms with E-state index < -0.39 is 6.04 Å². The maximum absolute atomic E-state index is 13.7. The Morgan fingerprint density at radius 1 is 1.05 bits per heavy atom. The Morgan fingerprint density at radius 3 is 2.51 bits per heavy atom. The molecule has 5 rings (SSSR count). The van der Waals surface area contributed by atoms with E-state index in [9.17, 15) is 9.18 Å². The van der Waals surface area contributed by atoms with Gasteiger partial charge in [0.2, 0.25) is 5.82 Å². The SMILES string of the molecule is CCc1ccc(-c2noc(C3=C(C)N(Cc4cccc(OC)c4)C(=O)NC3c3ccc(F)cc3)n2)cc1. The van der Waals surface area contributed by atoms with Crippen molar-refractivity contribution in [1.82, 2.24) is 20.4 Å². The molecule has 3 aromatic carbocycles. The van der Waals surface area contributed by atoms with Crippen LogP contribution >= 0.6 is 0 Å². The van der Waals surface area contributed by atoms with Gasteiger partial charge in [-0.2, -0.15) is 4.98 Å². The zero-order valence-electron chi connectivity index (χ0n) is 20.9. The molecule has 1 unspecified atom stereocenters. The van der Waals surface area contributed by atoms with E-state index in [0.29, 0.717) is 35.0 Å². The van der Waals surface area contributed by atoms with Crippen molar-refractivity contribution in [3.05, 3.63) is 107 Å². The number of benzene rings is 3. The van der Waals surface area contributed by atoms with Crippen molar-refractivity contribution >= 4 is 11.6 Å². The van der Waals surface area contributed by atoms with Crippen LogP contribution in [0.5, 0.6) is 5.75 Å². The second-order valence-corrected chi connectivity index (χ2v) is 8.84. The molecule has 1 aromatic heterocycles. The summed E-state index contributed by atoms with van der Waals surface area (Å²) in [4.78, 5) is 19.6. The number of aryl methyl sites for hydroxylation is 1. The van der Waals surface area contributed by atoms with Crippen molar-refractivity contribution < 1.29 is 18.4 Å². The Bertz CT molecular complexity index is 1440. The fraction of sp³-hybridized carbons (Fsp3) is 0.207. The number of carbonyl (C=O) groups excluding carboxylic acids is 1. The lowest BCUT2D eigenvalue weighted by molar-refractivity contribution is 0.203. The number of hydrogen-bond donors (Lipinski definition) is 1. The van der Waals surface area contributed by atoms with Gasteiger partial charge in [-0.05, 0) is 54.3 Å². The van der Waals surface area contributed by atoms with Crippen LogP contribution in [-0.4, -0.2) is 28.2 Å². The summed E-state index contributed by atoms with van der Waals surface area (Å²) in [5, 5.41) is 7.26. The number of ether oxygens (including phenoxy) is 1. The molecule has 0 saturated carbocycles. The van der Waals surface area contributed by atoms with E-state index in [1.54, 1.807) is 24.1 Å². The molecule has 0 spiro atoms. The van der Waals surface area contributed by atoms with Crippen molar-refractivity contribution in [2.45, 2.75) is 32.9 Å². The number of nitrogens with zero attached hydrogens (tertiary/aromatic N) is 3. The van der Waals surface area contributed by atoms with E-state index in [2.05, 4.69) is 22.4 Å². The molecule has 1 atom stereocenters. The highest BCUT2D eigenvalue weighted by Gasteiger charge is 2.35. The van der Waals surface area contributed by atoms with E-state index in [1.165, 1.54) is 17.7 Å². The molecule has 1 N–H and O–H groups in total. The summed E-state index contributed by atoms with van der Waals surface area (Å²) in [7, 11) is 1.60. The number of nitrogens with one attached hydrogen (secondary N) is 1. The monoisotopic (exact) mass is 498 g/mol. The van der Waals surface area contributed by atoms with Crippen molar-refractivity contribution in [1.29, 1.82) is 0 Å². The molecule has 0 aliphatic carbocycles. The Hall–Kier alpha value is -4.46. The molecule has 4 aromatic rings. The van der Waals surface area contributed by atoms with E-state index >= 15 is 0 Å². The number of allylic oxidation sites excluding steroid dienone is 1. The first kappa shape index (κ1) is 24.2. The normalized spacial score (nSPS) is 15.6. The van der Waals surface area contributed by atoms with Crippen molar-refractivity contribution in [2.75, 3.05) is 7.11 Å². The summed E-state index contributed by atoms with van der Waals surface area (Å²) < 4.78 is 24.8. The van der Waals surface area contributed by atoms with Crippen molar-refractivity contribution in [2.24, 2.45) is 0 Å². The summed E-state index contributed by atoms with van der Waals surface area (Å²) in [6, 6.07) is 20.7. The molecule has 188 valence electrons.